The summed E-state index contributed by atoms with van der Waals surface area (Å²) in [6.07, 6.45) is 1.64. The lowest BCUT2D eigenvalue weighted by molar-refractivity contribution is 0.0971. The highest BCUT2D eigenvalue weighted by molar-refractivity contribution is 7.22. The fourth-order valence-corrected chi connectivity index (χ4v) is 4.12. The highest BCUT2D eigenvalue weighted by Crippen LogP contribution is 2.30. The van der Waals surface area contributed by atoms with E-state index in [1.54, 1.807) is 27.9 Å². The number of halogens is 2. The lowest BCUT2D eigenvalue weighted by atomic mass is 10.3. The number of thiazole rings is 1. The van der Waals surface area contributed by atoms with Crippen molar-refractivity contribution >= 4 is 45.0 Å². The van der Waals surface area contributed by atoms with Crippen LogP contribution in [0.5, 0.6) is 0 Å². The van der Waals surface area contributed by atoms with E-state index >= 15 is 0 Å². The Morgan fingerprint density at radius 1 is 1.21 bits per heavy atom. The number of hydrogen-bond donors (Lipinski definition) is 0. The summed E-state index contributed by atoms with van der Waals surface area (Å²) in [6, 6.07) is 6.31. The van der Waals surface area contributed by atoms with Crippen molar-refractivity contribution in [1.29, 1.82) is 0 Å². The molecule has 0 saturated carbocycles. The molecule has 0 aliphatic heterocycles. The van der Waals surface area contributed by atoms with E-state index in [1.165, 1.54) is 23.5 Å². The van der Waals surface area contributed by atoms with Crippen LogP contribution in [0, 0.1) is 5.82 Å². The molecule has 3 aromatic rings. The third-order valence-corrected chi connectivity index (χ3v) is 5.77. The molecule has 1 amide bonds. The molecule has 0 N–H and O–H groups in total. The van der Waals surface area contributed by atoms with Gasteiger partial charge in [-0.15, -0.1) is 12.4 Å². The second-order valence-electron chi connectivity index (χ2n) is 6.85. The third kappa shape index (κ3) is 5.12. The number of carbonyl (C=O) groups is 1. The van der Waals surface area contributed by atoms with Gasteiger partial charge in [-0.05, 0) is 51.2 Å². The Morgan fingerprint density at radius 2 is 1.93 bits per heavy atom. The Morgan fingerprint density at radius 3 is 2.59 bits per heavy atom. The molecule has 0 aliphatic rings. The lowest BCUT2D eigenvalue weighted by Crippen LogP contribution is -2.39. The minimum Gasteiger partial charge on any atom is -0.302 e. The Bertz CT molecular complexity index is 953. The molecular formula is C20H27ClFN5OS. The molecule has 0 radical (unpaired) electrons. The lowest BCUT2D eigenvalue weighted by Gasteiger charge is -2.25. The van der Waals surface area contributed by atoms with Gasteiger partial charge in [-0.25, -0.2) is 9.37 Å². The highest BCUT2D eigenvalue weighted by atomic mass is 35.5. The van der Waals surface area contributed by atoms with Crippen LogP contribution in [-0.4, -0.2) is 51.8 Å². The minimum atomic E-state index is -0.304. The van der Waals surface area contributed by atoms with Crippen LogP contribution in [0.2, 0.25) is 0 Å². The van der Waals surface area contributed by atoms with Gasteiger partial charge in [0.15, 0.2) is 5.13 Å². The van der Waals surface area contributed by atoms with E-state index in [-0.39, 0.29) is 30.2 Å². The van der Waals surface area contributed by atoms with Gasteiger partial charge in [0.1, 0.15) is 11.5 Å². The quantitative estimate of drug-likeness (QED) is 0.513. The molecule has 0 atom stereocenters. The first-order valence-corrected chi connectivity index (χ1v) is 10.4. The Hall–Kier alpha value is -2.03. The van der Waals surface area contributed by atoms with Crippen molar-refractivity contribution < 1.29 is 9.18 Å². The molecule has 0 aliphatic carbocycles. The van der Waals surface area contributed by atoms with Crippen molar-refractivity contribution in [2.45, 2.75) is 33.7 Å². The first kappa shape index (κ1) is 23.3. The zero-order valence-electron chi connectivity index (χ0n) is 17.1. The van der Waals surface area contributed by atoms with E-state index in [9.17, 15) is 9.18 Å². The number of nitrogens with zero attached hydrogens (tertiary/aromatic N) is 5. The van der Waals surface area contributed by atoms with Crippen LogP contribution in [0.25, 0.3) is 10.2 Å². The van der Waals surface area contributed by atoms with Gasteiger partial charge in [0.2, 0.25) is 0 Å². The van der Waals surface area contributed by atoms with Crippen molar-refractivity contribution in [2.24, 2.45) is 0 Å². The second-order valence-corrected chi connectivity index (χ2v) is 7.86. The number of likely N-dealkylation sites (N-methyl/N-ethyl adjacent to an activating group) is 1. The van der Waals surface area contributed by atoms with Gasteiger partial charge in [0.05, 0.1) is 10.2 Å². The summed E-state index contributed by atoms with van der Waals surface area (Å²) in [5, 5.41) is 4.86. The summed E-state index contributed by atoms with van der Waals surface area (Å²) in [4.78, 5) is 22.0. The number of rotatable bonds is 8. The van der Waals surface area contributed by atoms with E-state index in [1.807, 2.05) is 13.8 Å². The van der Waals surface area contributed by atoms with Crippen LogP contribution in [0.1, 0.15) is 44.2 Å². The second kappa shape index (κ2) is 10.1. The predicted octanol–water partition coefficient (Wildman–Crippen LogP) is 4.62. The monoisotopic (exact) mass is 439 g/mol. The van der Waals surface area contributed by atoms with Crippen LogP contribution < -0.4 is 4.90 Å². The Kier molecular flexibility index (Phi) is 8.13. The number of aromatic nitrogens is 3. The van der Waals surface area contributed by atoms with E-state index in [0.29, 0.717) is 22.9 Å². The van der Waals surface area contributed by atoms with Crippen LogP contribution in [0.15, 0.2) is 30.5 Å². The summed E-state index contributed by atoms with van der Waals surface area (Å²) in [6.45, 7) is 11.2. The van der Waals surface area contributed by atoms with Crippen LogP contribution in [0.3, 0.4) is 0 Å². The predicted molar refractivity (Wildman–Crippen MR) is 119 cm³/mol. The largest absolute Gasteiger partial charge is 0.302 e. The maximum atomic E-state index is 13.6. The zero-order chi connectivity index (χ0) is 20.3. The summed E-state index contributed by atoms with van der Waals surface area (Å²) in [5.41, 5.74) is 1.22. The average molecular weight is 440 g/mol. The maximum absolute atomic E-state index is 13.6. The number of hydrogen-bond acceptors (Lipinski definition) is 5. The fraction of sp³-hybridized carbons (Fsp3) is 0.450. The van der Waals surface area contributed by atoms with E-state index in [4.69, 9.17) is 0 Å². The van der Waals surface area contributed by atoms with E-state index < -0.39 is 0 Å². The molecule has 1 aromatic carbocycles. The molecule has 2 heterocycles. The summed E-state index contributed by atoms with van der Waals surface area (Å²) in [7, 11) is 0. The summed E-state index contributed by atoms with van der Waals surface area (Å²) < 4.78 is 16.0. The topological polar surface area (TPSA) is 54.3 Å². The van der Waals surface area contributed by atoms with Gasteiger partial charge in [0, 0.05) is 25.3 Å². The van der Waals surface area contributed by atoms with Crippen molar-refractivity contribution in [2.75, 3.05) is 31.1 Å². The smallest absolute Gasteiger partial charge is 0.278 e. The van der Waals surface area contributed by atoms with Gasteiger partial charge in [0.25, 0.3) is 5.91 Å². The normalized spacial score (nSPS) is 11.3. The number of fused-ring (bicyclic) bond motifs is 1. The highest BCUT2D eigenvalue weighted by Gasteiger charge is 2.25. The molecule has 0 unspecified atom stereocenters. The molecule has 0 spiro atoms. The molecule has 29 heavy (non-hydrogen) atoms. The van der Waals surface area contributed by atoms with Crippen LogP contribution in [-0.2, 0) is 0 Å². The van der Waals surface area contributed by atoms with Gasteiger partial charge < -0.3 is 4.90 Å². The molecule has 2 aromatic heterocycles. The molecule has 3 rings (SSSR count). The first-order chi connectivity index (χ1) is 13.4. The zero-order valence-corrected chi connectivity index (χ0v) is 18.8. The average Bonchev–Trinajstić information content (AvgIpc) is 3.31. The maximum Gasteiger partial charge on any atom is 0.278 e. The molecule has 158 valence electrons. The summed E-state index contributed by atoms with van der Waals surface area (Å²) >= 11 is 1.33. The standard InChI is InChI=1S/C20H26FN5OS.ClH/c1-5-24(6-2)11-12-25(19(27)17-9-10-22-26(17)14(3)4)20-23-16-8-7-15(21)13-18(16)28-20;/h7-10,13-14H,5-6,11-12H2,1-4H3;1H. The molecule has 6 nitrogen and oxygen atoms in total. The number of carbonyl (C=O) groups excluding carboxylic acids is 1. The number of amides is 1. The molecule has 9 heteroatoms. The van der Waals surface area contributed by atoms with Gasteiger partial charge in [-0.2, -0.15) is 5.10 Å². The minimum absolute atomic E-state index is 0. The first-order valence-electron chi connectivity index (χ1n) is 9.58. The summed E-state index contributed by atoms with van der Waals surface area (Å²) in [5.74, 6) is -0.445. The molecule has 0 fully saturated rings. The van der Waals surface area contributed by atoms with Crippen molar-refractivity contribution in [3.8, 4) is 0 Å². The van der Waals surface area contributed by atoms with Crippen molar-refractivity contribution in [3.63, 3.8) is 0 Å². The van der Waals surface area contributed by atoms with Crippen LogP contribution >= 0.6 is 23.7 Å². The van der Waals surface area contributed by atoms with Gasteiger partial charge in [-0.3, -0.25) is 14.4 Å². The van der Waals surface area contributed by atoms with Crippen molar-refractivity contribution in [3.05, 3.63) is 42.0 Å². The van der Waals surface area contributed by atoms with E-state index in [0.717, 1.165) is 24.3 Å². The Balaban J connectivity index is 0.00000300. The van der Waals surface area contributed by atoms with E-state index in [2.05, 4.69) is 28.8 Å². The van der Waals surface area contributed by atoms with Gasteiger partial charge in [-0.1, -0.05) is 25.2 Å². The molecular weight excluding hydrogens is 413 g/mol. The number of benzene rings is 1. The van der Waals surface area contributed by atoms with Crippen molar-refractivity contribution in [1.82, 2.24) is 19.7 Å². The molecule has 0 bridgehead atoms. The third-order valence-electron chi connectivity index (χ3n) is 4.73. The SMILES string of the molecule is CCN(CC)CCN(C(=O)c1ccnn1C(C)C)c1nc2ccc(F)cc2s1.Cl. The molecule has 0 saturated heterocycles. The van der Waals surface area contributed by atoms with Gasteiger partial charge >= 0.3 is 0 Å². The van der Waals surface area contributed by atoms with Crippen LogP contribution in [0.4, 0.5) is 9.52 Å². The number of anilines is 1. The Labute approximate surface area is 180 Å². The fourth-order valence-electron chi connectivity index (χ4n) is 3.10.